The fourth-order valence-corrected chi connectivity index (χ4v) is 1.42. The lowest BCUT2D eigenvalue weighted by Gasteiger charge is -2.23. The molecule has 0 spiro atoms. The predicted octanol–water partition coefficient (Wildman–Crippen LogP) is -0.116. The fraction of sp³-hybridized carbons (Fsp3) is 0.800. The molecule has 0 aromatic rings. The van der Waals surface area contributed by atoms with Crippen LogP contribution in [0.4, 0.5) is 0 Å². The van der Waals surface area contributed by atoms with Crippen molar-refractivity contribution in [2.75, 3.05) is 19.6 Å². The van der Waals surface area contributed by atoms with E-state index in [0.717, 1.165) is 12.8 Å². The largest absolute Gasteiger partial charge is 0.355 e. The number of rotatable bonds is 5. The number of likely N-dealkylation sites (N-methyl/N-ethyl adjacent to an activating group) is 2. The molecule has 0 radical (unpaired) electrons. The molecule has 1 fully saturated rings. The van der Waals surface area contributed by atoms with Gasteiger partial charge in [0.1, 0.15) is 0 Å². The molecule has 1 aliphatic carbocycles. The number of nitrogens with zero attached hydrogens (tertiary/aromatic N) is 1. The number of halogens is 1. The van der Waals surface area contributed by atoms with Crippen molar-refractivity contribution in [3.8, 4) is 0 Å². The van der Waals surface area contributed by atoms with Gasteiger partial charge in [0.2, 0.25) is 11.8 Å². The first-order valence-electron chi connectivity index (χ1n) is 5.38. The standard InChI is InChI=1S/C10H19N3O2.ClH/c1-3-12-8(14)7-13(4-2)9(15)10(11)5-6-10;/h3-7,11H2,1-2H3,(H,12,14);1H. The molecule has 1 aliphatic rings. The highest BCUT2D eigenvalue weighted by Gasteiger charge is 2.48. The van der Waals surface area contributed by atoms with Crippen LogP contribution in [0.25, 0.3) is 0 Å². The van der Waals surface area contributed by atoms with E-state index in [1.54, 1.807) is 0 Å². The van der Waals surface area contributed by atoms with Crippen LogP contribution in [-0.4, -0.2) is 41.9 Å². The summed E-state index contributed by atoms with van der Waals surface area (Å²) in [6, 6.07) is 0. The smallest absolute Gasteiger partial charge is 0.243 e. The van der Waals surface area contributed by atoms with E-state index in [4.69, 9.17) is 5.73 Å². The number of amides is 2. The predicted molar refractivity (Wildman–Crippen MR) is 64.3 cm³/mol. The molecule has 0 heterocycles. The zero-order chi connectivity index (χ0) is 11.5. The molecule has 6 heteroatoms. The third kappa shape index (κ3) is 3.64. The Balaban J connectivity index is 0.00000225. The van der Waals surface area contributed by atoms with Crippen LogP contribution in [0.2, 0.25) is 0 Å². The van der Waals surface area contributed by atoms with Gasteiger partial charge >= 0.3 is 0 Å². The highest BCUT2D eigenvalue weighted by molar-refractivity contribution is 5.92. The summed E-state index contributed by atoms with van der Waals surface area (Å²) in [5, 5.41) is 2.66. The molecule has 94 valence electrons. The van der Waals surface area contributed by atoms with E-state index in [2.05, 4.69) is 5.32 Å². The molecule has 0 saturated heterocycles. The van der Waals surface area contributed by atoms with Crippen molar-refractivity contribution >= 4 is 24.2 Å². The number of nitrogens with one attached hydrogen (secondary N) is 1. The Morgan fingerprint density at radius 2 is 1.94 bits per heavy atom. The molecule has 0 aromatic carbocycles. The zero-order valence-corrected chi connectivity index (χ0v) is 10.6. The van der Waals surface area contributed by atoms with Gasteiger partial charge in [-0.3, -0.25) is 9.59 Å². The maximum atomic E-state index is 11.8. The van der Waals surface area contributed by atoms with Crippen LogP contribution in [0.5, 0.6) is 0 Å². The van der Waals surface area contributed by atoms with Crippen molar-refractivity contribution in [2.24, 2.45) is 5.73 Å². The van der Waals surface area contributed by atoms with Gasteiger partial charge in [-0.15, -0.1) is 12.4 Å². The van der Waals surface area contributed by atoms with Gasteiger partial charge in [-0.1, -0.05) is 0 Å². The Morgan fingerprint density at radius 1 is 1.38 bits per heavy atom. The Labute approximate surface area is 102 Å². The van der Waals surface area contributed by atoms with Crippen molar-refractivity contribution in [1.29, 1.82) is 0 Å². The SMILES string of the molecule is CCNC(=O)CN(CC)C(=O)C1(N)CC1.Cl. The van der Waals surface area contributed by atoms with E-state index >= 15 is 0 Å². The minimum atomic E-state index is -0.678. The maximum absolute atomic E-state index is 11.8. The number of hydrogen-bond donors (Lipinski definition) is 2. The van der Waals surface area contributed by atoms with E-state index in [0.29, 0.717) is 13.1 Å². The lowest BCUT2D eigenvalue weighted by molar-refractivity contribution is -0.137. The van der Waals surface area contributed by atoms with Gasteiger partial charge in [-0.05, 0) is 26.7 Å². The summed E-state index contributed by atoms with van der Waals surface area (Å²) in [6.07, 6.45) is 1.47. The first-order valence-corrected chi connectivity index (χ1v) is 5.38. The van der Waals surface area contributed by atoms with E-state index < -0.39 is 5.54 Å². The summed E-state index contributed by atoms with van der Waals surface area (Å²) < 4.78 is 0. The lowest BCUT2D eigenvalue weighted by atomic mass is 10.2. The van der Waals surface area contributed by atoms with Gasteiger partial charge in [0.05, 0.1) is 12.1 Å². The lowest BCUT2D eigenvalue weighted by Crippen LogP contribution is -2.49. The first-order chi connectivity index (χ1) is 7.03. The van der Waals surface area contributed by atoms with E-state index in [1.165, 1.54) is 4.90 Å². The molecule has 1 saturated carbocycles. The van der Waals surface area contributed by atoms with Crippen LogP contribution < -0.4 is 11.1 Å². The molecule has 2 amide bonds. The van der Waals surface area contributed by atoms with Crippen molar-refractivity contribution in [3.05, 3.63) is 0 Å². The van der Waals surface area contributed by atoms with Gasteiger partial charge in [-0.2, -0.15) is 0 Å². The van der Waals surface area contributed by atoms with Crippen LogP contribution in [-0.2, 0) is 9.59 Å². The summed E-state index contributed by atoms with van der Waals surface area (Å²) in [6.45, 7) is 4.92. The molecular weight excluding hydrogens is 230 g/mol. The summed E-state index contributed by atoms with van der Waals surface area (Å²) >= 11 is 0. The quantitative estimate of drug-likeness (QED) is 0.714. The minimum Gasteiger partial charge on any atom is -0.355 e. The summed E-state index contributed by atoms with van der Waals surface area (Å²) in [5.41, 5.74) is 5.12. The van der Waals surface area contributed by atoms with Gasteiger partial charge in [-0.25, -0.2) is 0 Å². The average molecular weight is 250 g/mol. The Morgan fingerprint density at radius 3 is 2.31 bits per heavy atom. The highest BCUT2D eigenvalue weighted by Crippen LogP contribution is 2.33. The fourth-order valence-electron chi connectivity index (χ4n) is 1.42. The molecule has 1 rings (SSSR count). The molecule has 0 aromatic heterocycles. The van der Waals surface area contributed by atoms with Crippen LogP contribution in [0.3, 0.4) is 0 Å². The third-order valence-electron chi connectivity index (χ3n) is 2.59. The van der Waals surface area contributed by atoms with Crippen LogP contribution >= 0.6 is 12.4 Å². The van der Waals surface area contributed by atoms with Gasteiger partial charge in [0, 0.05) is 13.1 Å². The second-order valence-corrected chi connectivity index (χ2v) is 3.93. The van der Waals surface area contributed by atoms with Crippen molar-refractivity contribution in [3.63, 3.8) is 0 Å². The third-order valence-corrected chi connectivity index (χ3v) is 2.59. The second kappa shape index (κ2) is 6.06. The topological polar surface area (TPSA) is 75.4 Å². The Hall–Kier alpha value is -0.810. The number of nitrogens with two attached hydrogens (primary N) is 1. The van der Waals surface area contributed by atoms with Gasteiger partial charge in [0.15, 0.2) is 0 Å². The molecule has 0 aliphatic heterocycles. The highest BCUT2D eigenvalue weighted by atomic mass is 35.5. The van der Waals surface area contributed by atoms with E-state index in [1.807, 2.05) is 13.8 Å². The van der Waals surface area contributed by atoms with E-state index in [-0.39, 0.29) is 30.8 Å². The summed E-state index contributed by atoms with van der Waals surface area (Å²) in [7, 11) is 0. The van der Waals surface area contributed by atoms with Crippen LogP contribution in [0, 0.1) is 0 Å². The zero-order valence-electron chi connectivity index (χ0n) is 9.78. The normalized spacial score (nSPS) is 15.9. The summed E-state index contributed by atoms with van der Waals surface area (Å²) in [4.78, 5) is 24.6. The number of carbonyl (C=O) groups excluding carboxylic acids is 2. The minimum absolute atomic E-state index is 0. The average Bonchev–Trinajstić information content (AvgIpc) is 2.93. The molecule has 3 N–H and O–H groups in total. The van der Waals surface area contributed by atoms with Crippen LogP contribution in [0.15, 0.2) is 0 Å². The molecule has 0 bridgehead atoms. The Kier molecular flexibility index (Phi) is 5.75. The summed E-state index contributed by atoms with van der Waals surface area (Å²) in [5.74, 6) is -0.229. The molecule has 0 atom stereocenters. The van der Waals surface area contributed by atoms with Crippen molar-refractivity contribution in [2.45, 2.75) is 32.2 Å². The van der Waals surface area contributed by atoms with Crippen LogP contribution in [0.1, 0.15) is 26.7 Å². The number of carbonyl (C=O) groups is 2. The number of hydrogen-bond acceptors (Lipinski definition) is 3. The molecule has 0 unspecified atom stereocenters. The van der Waals surface area contributed by atoms with Crippen molar-refractivity contribution in [1.82, 2.24) is 10.2 Å². The van der Waals surface area contributed by atoms with E-state index in [9.17, 15) is 9.59 Å². The van der Waals surface area contributed by atoms with Gasteiger partial charge in [0.25, 0.3) is 0 Å². The first kappa shape index (κ1) is 15.2. The Bertz CT molecular complexity index is 267. The monoisotopic (exact) mass is 249 g/mol. The molecular formula is C10H20ClN3O2. The van der Waals surface area contributed by atoms with Gasteiger partial charge < -0.3 is 16.0 Å². The van der Waals surface area contributed by atoms with Crippen molar-refractivity contribution < 1.29 is 9.59 Å². The maximum Gasteiger partial charge on any atom is 0.243 e. The molecule has 5 nitrogen and oxygen atoms in total. The second-order valence-electron chi connectivity index (χ2n) is 3.93. The molecule has 16 heavy (non-hydrogen) atoms.